The van der Waals surface area contributed by atoms with E-state index in [0.29, 0.717) is 12.0 Å². The number of rotatable bonds is 9. The molecule has 0 aliphatic carbocycles. The van der Waals surface area contributed by atoms with Crippen LogP contribution in [0.25, 0.3) is 11.4 Å². The number of anilines is 1. The van der Waals surface area contributed by atoms with Crippen LogP contribution in [0.4, 0.5) is 10.1 Å². The molecular formula is C27H27FN6O4. The summed E-state index contributed by atoms with van der Waals surface area (Å²) in [4.78, 5) is 43.1. The van der Waals surface area contributed by atoms with Crippen molar-refractivity contribution in [1.82, 2.24) is 25.1 Å². The number of nitrogens with zero attached hydrogens (tertiary/aromatic N) is 4. The summed E-state index contributed by atoms with van der Waals surface area (Å²) in [6, 6.07) is 12.1. The number of ketones is 1. The van der Waals surface area contributed by atoms with Gasteiger partial charge in [0.2, 0.25) is 17.6 Å². The van der Waals surface area contributed by atoms with Crippen LogP contribution in [0.15, 0.2) is 63.9 Å². The zero-order chi connectivity index (χ0) is 27.4. The Labute approximate surface area is 217 Å². The highest BCUT2D eigenvalue weighted by Crippen LogP contribution is 2.18. The van der Waals surface area contributed by atoms with Gasteiger partial charge in [-0.25, -0.2) is 9.37 Å². The second-order valence-corrected chi connectivity index (χ2v) is 9.26. The van der Waals surface area contributed by atoms with Gasteiger partial charge in [-0.2, -0.15) is 0 Å². The molecule has 0 aliphatic heterocycles. The van der Waals surface area contributed by atoms with Gasteiger partial charge in [0.05, 0.1) is 18.7 Å². The van der Waals surface area contributed by atoms with Gasteiger partial charge in [0.1, 0.15) is 23.9 Å². The summed E-state index contributed by atoms with van der Waals surface area (Å²) in [5.41, 5.74) is 7.39. The Hall–Kier alpha value is -4.67. The lowest BCUT2D eigenvalue weighted by atomic mass is 9.99. The van der Waals surface area contributed by atoms with Crippen LogP contribution in [0.5, 0.6) is 0 Å². The van der Waals surface area contributed by atoms with E-state index in [0.717, 1.165) is 15.7 Å². The third-order valence-electron chi connectivity index (χ3n) is 5.86. The molecule has 2 aromatic carbocycles. The number of hydrogen-bond acceptors (Lipinski definition) is 8. The molecule has 0 fully saturated rings. The zero-order valence-electron chi connectivity index (χ0n) is 21.1. The van der Waals surface area contributed by atoms with E-state index >= 15 is 0 Å². The minimum atomic E-state index is -0.992. The highest BCUT2D eigenvalue weighted by atomic mass is 19.1. The molecule has 0 saturated carbocycles. The summed E-state index contributed by atoms with van der Waals surface area (Å²) >= 11 is 0. The van der Waals surface area contributed by atoms with Crippen molar-refractivity contribution in [2.24, 2.45) is 5.92 Å². The van der Waals surface area contributed by atoms with Gasteiger partial charge < -0.3 is 15.5 Å². The van der Waals surface area contributed by atoms with Crippen LogP contribution in [0, 0.1) is 18.7 Å². The minimum absolute atomic E-state index is 0.129. The molecule has 3 N–H and O–H groups in total. The Bertz CT molecular complexity index is 1530. The Morgan fingerprint density at radius 3 is 2.55 bits per heavy atom. The number of carbonyl (C=O) groups is 2. The fourth-order valence-electron chi connectivity index (χ4n) is 3.94. The molecule has 4 rings (SSSR count). The molecule has 2 heterocycles. The van der Waals surface area contributed by atoms with Gasteiger partial charge >= 0.3 is 0 Å². The number of halogens is 1. The lowest BCUT2D eigenvalue weighted by molar-refractivity contribution is -0.122. The Balaban J connectivity index is 1.52. The number of carbonyl (C=O) groups excluding carboxylic acids is 2. The van der Waals surface area contributed by atoms with E-state index in [1.165, 1.54) is 30.5 Å². The van der Waals surface area contributed by atoms with Gasteiger partial charge in [0, 0.05) is 5.56 Å². The van der Waals surface area contributed by atoms with Gasteiger partial charge in [-0.15, -0.1) is 10.2 Å². The van der Waals surface area contributed by atoms with Gasteiger partial charge in [-0.05, 0) is 42.7 Å². The van der Waals surface area contributed by atoms with Crippen molar-refractivity contribution >= 4 is 17.4 Å². The maximum absolute atomic E-state index is 13.4. The monoisotopic (exact) mass is 518 g/mol. The first kappa shape index (κ1) is 26.4. The Morgan fingerprint density at radius 1 is 1.13 bits per heavy atom. The Morgan fingerprint density at radius 2 is 1.87 bits per heavy atom. The first-order valence-corrected chi connectivity index (χ1v) is 11.9. The highest BCUT2D eigenvalue weighted by molar-refractivity contribution is 5.98. The zero-order valence-corrected chi connectivity index (χ0v) is 21.1. The SMILES string of the molecule is Cc1cccc(Cc2nnc(C(=O)[C@H](NC(=O)Cn3c(-c4ccc(F)cc4)ncc(N)c3=O)C(C)C)o2)c1. The van der Waals surface area contributed by atoms with E-state index < -0.39 is 35.7 Å². The van der Waals surface area contributed by atoms with Crippen molar-refractivity contribution < 1.29 is 18.4 Å². The smallest absolute Gasteiger partial charge is 0.286 e. The van der Waals surface area contributed by atoms with E-state index in [9.17, 15) is 18.8 Å². The second-order valence-electron chi connectivity index (χ2n) is 9.26. The van der Waals surface area contributed by atoms with Crippen molar-refractivity contribution in [3.05, 3.63) is 93.8 Å². The van der Waals surface area contributed by atoms with Crippen LogP contribution < -0.4 is 16.6 Å². The van der Waals surface area contributed by atoms with E-state index in [4.69, 9.17) is 10.2 Å². The van der Waals surface area contributed by atoms with Gasteiger partial charge in [0.15, 0.2) is 0 Å². The topological polar surface area (TPSA) is 146 Å². The molecule has 0 saturated heterocycles. The van der Waals surface area contributed by atoms with Crippen LogP contribution >= 0.6 is 0 Å². The van der Waals surface area contributed by atoms with Gasteiger partial charge in [-0.1, -0.05) is 43.7 Å². The van der Waals surface area contributed by atoms with Crippen LogP contribution in [-0.2, 0) is 17.8 Å². The van der Waals surface area contributed by atoms with Crippen LogP contribution in [0.3, 0.4) is 0 Å². The fraction of sp³-hybridized carbons (Fsp3) is 0.259. The molecule has 11 heteroatoms. The standard InChI is InChI=1S/C27H27FN6O4/c1-15(2)23(24(36)26-33-32-22(38-26)12-17-6-4-5-16(3)11-17)31-21(35)14-34-25(30-13-20(29)27(34)37)18-7-9-19(28)10-8-18/h4-11,13,15,23H,12,14,29H2,1-3H3,(H,31,35)/t23-/m1/s1. The van der Waals surface area contributed by atoms with Crippen molar-refractivity contribution in [3.8, 4) is 11.4 Å². The number of aryl methyl sites for hydroxylation is 1. The third-order valence-corrected chi connectivity index (χ3v) is 5.86. The molecule has 196 valence electrons. The molecule has 38 heavy (non-hydrogen) atoms. The second kappa shape index (κ2) is 11.2. The molecule has 1 amide bonds. The summed E-state index contributed by atoms with van der Waals surface area (Å²) in [6.45, 7) is 5.01. The van der Waals surface area contributed by atoms with Gasteiger partial charge in [-0.3, -0.25) is 19.0 Å². The van der Waals surface area contributed by atoms with Crippen LogP contribution in [0.2, 0.25) is 0 Å². The molecular weight excluding hydrogens is 491 g/mol. The van der Waals surface area contributed by atoms with Crippen molar-refractivity contribution in [3.63, 3.8) is 0 Å². The highest BCUT2D eigenvalue weighted by Gasteiger charge is 2.30. The minimum Gasteiger partial charge on any atom is -0.418 e. The Kier molecular flexibility index (Phi) is 7.75. The lowest BCUT2D eigenvalue weighted by Gasteiger charge is -2.20. The fourth-order valence-corrected chi connectivity index (χ4v) is 3.94. The normalized spacial score (nSPS) is 11.9. The number of aromatic nitrogens is 4. The maximum Gasteiger partial charge on any atom is 0.286 e. The maximum atomic E-state index is 13.4. The lowest BCUT2D eigenvalue weighted by Crippen LogP contribution is -2.46. The number of hydrogen-bond donors (Lipinski definition) is 2. The van der Waals surface area contributed by atoms with Crippen molar-refractivity contribution in [2.75, 3.05) is 5.73 Å². The summed E-state index contributed by atoms with van der Waals surface area (Å²) < 4.78 is 20.1. The number of nitrogens with one attached hydrogen (secondary N) is 1. The van der Waals surface area contributed by atoms with E-state index in [2.05, 4.69) is 20.5 Å². The summed E-state index contributed by atoms with van der Waals surface area (Å²) in [7, 11) is 0. The van der Waals surface area contributed by atoms with E-state index in [1.807, 2.05) is 31.2 Å². The average molecular weight is 519 g/mol. The van der Waals surface area contributed by atoms with E-state index in [1.54, 1.807) is 13.8 Å². The predicted molar refractivity (Wildman–Crippen MR) is 138 cm³/mol. The van der Waals surface area contributed by atoms with Crippen molar-refractivity contribution in [2.45, 2.75) is 39.8 Å². The predicted octanol–water partition coefficient (Wildman–Crippen LogP) is 2.94. The number of Topliss-reactive ketones (excluding diaryl/α,β-unsaturated/α-hetero) is 1. The first-order valence-electron chi connectivity index (χ1n) is 11.9. The number of nitrogens with two attached hydrogens (primary N) is 1. The molecule has 10 nitrogen and oxygen atoms in total. The average Bonchev–Trinajstić information content (AvgIpc) is 3.34. The van der Waals surface area contributed by atoms with E-state index in [-0.39, 0.29) is 29.2 Å². The summed E-state index contributed by atoms with van der Waals surface area (Å²) in [5.74, 6) is -1.79. The largest absolute Gasteiger partial charge is 0.418 e. The van der Waals surface area contributed by atoms with Gasteiger partial charge in [0.25, 0.3) is 11.4 Å². The summed E-state index contributed by atoms with van der Waals surface area (Å²) in [5, 5.41) is 10.5. The van der Waals surface area contributed by atoms with Crippen molar-refractivity contribution in [1.29, 1.82) is 0 Å². The molecule has 0 radical (unpaired) electrons. The van der Waals surface area contributed by atoms with Crippen LogP contribution in [0.1, 0.15) is 41.6 Å². The quantitative estimate of drug-likeness (QED) is 0.322. The molecule has 0 aliphatic rings. The summed E-state index contributed by atoms with van der Waals surface area (Å²) in [6.07, 6.45) is 1.54. The molecule has 0 unspecified atom stereocenters. The molecule has 0 bridgehead atoms. The number of benzene rings is 2. The molecule has 1 atom stereocenters. The molecule has 0 spiro atoms. The third kappa shape index (κ3) is 6.00. The molecule has 2 aromatic heterocycles. The number of amides is 1. The number of nitrogen functional groups attached to an aromatic ring is 1. The first-order chi connectivity index (χ1) is 18.1. The molecule has 4 aromatic rings. The van der Waals surface area contributed by atoms with Crippen LogP contribution in [-0.4, -0.2) is 37.5 Å².